The minimum Gasteiger partial charge on any atom is -0.480 e. The monoisotopic (exact) mass is 679 g/mol. The highest BCUT2D eigenvalue weighted by molar-refractivity contribution is 5.77. The minimum absolute atomic E-state index is 0.278. The van der Waals surface area contributed by atoms with Gasteiger partial charge in [-0.3, -0.25) is 28.8 Å². The van der Waals surface area contributed by atoms with Crippen molar-refractivity contribution in [1.82, 2.24) is 0 Å². The normalized spacial score (nSPS) is 12.2. The second-order valence-electron chi connectivity index (χ2n) is 9.87. The lowest BCUT2D eigenvalue weighted by Crippen LogP contribution is -2.39. The Balaban J connectivity index is -0.000000264. The highest BCUT2D eigenvalue weighted by Gasteiger charge is 2.18. The molecule has 0 radical (unpaired) electrons. The zero-order chi connectivity index (χ0) is 37.5. The maximum atomic E-state index is 11.2. The van der Waals surface area contributed by atoms with E-state index in [1.807, 2.05) is 44.2 Å². The summed E-state index contributed by atoms with van der Waals surface area (Å²) < 4.78 is 4.66. The van der Waals surface area contributed by atoms with Crippen LogP contribution in [-0.4, -0.2) is 112 Å². The Labute approximate surface area is 273 Å². The SMILES string of the molecule is CC(C)C[C@H](N)C(=O)O.NCC(=O)O.NCC(=O)O.NCCCC[C@H](N)C(=O)OC[C@H](N)C(=O)O.N[C@@H](Cc1ccccc1)C(=O)O. The average Bonchev–Trinajstić information content (AvgIpc) is 3.00. The van der Waals surface area contributed by atoms with Gasteiger partial charge in [0.25, 0.3) is 0 Å². The molecular formula is C28H53N7O12. The second kappa shape index (κ2) is 31.7. The molecule has 0 fully saturated rings. The molecule has 4 atom stereocenters. The van der Waals surface area contributed by atoms with Crippen LogP contribution in [-0.2, 0) is 39.9 Å². The minimum atomic E-state index is -1.22. The van der Waals surface area contributed by atoms with Crippen molar-refractivity contribution >= 4 is 35.8 Å². The zero-order valence-electron chi connectivity index (χ0n) is 26.8. The van der Waals surface area contributed by atoms with Gasteiger partial charge in [-0.05, 0) is 43.7 Å². The first-order valence-corrected chi connectivity index (χ1v) is 14.2. The molecule has 0 saturated heterocycles. The van der Waals surface area contributed by atoms with Crippen molar-refractivity contribution < 1.29 is 59.0 Å². The summed E-state index contributed by atoms with van der Waals surface area (Å²) >= 11 is 0. The van der Waals surface area contributed by atoms with Gasteiger partial charge < -0.3 is 70.4 Å². The number of carboxylic acids is 5. The largest absolute Gasteiger partial charge is 0.480 e. The molecule has 19 nitrogen and oxygen atoms in total. The average molecular weight is 680 g/mol. The first-order chi connectivity index (χ1) is 21.8. The lowest BCUT2D eigenvalue weighted by molar-refractivity contribution is -0.149. The van der Waals surface area contributed by atoms with Crippen LogP contribution in [0.15, 0.2) is 30.3 Å². The molecule has 0 spiro atoms. The summed E-state index contributed by atoms with van der Waals surface area (Å²) in [6.45, 7) is 3.52. The van der Waals surface area contributed by atoms with Gasteiger partial charge in [0.15, 0.2) is 0 Å². The highest BCUT2D eigenvalue weighted by atomic mass is 16.5. The summed E-state index contributed by atoms with van der Waals surface area (Å²) in [5, 5.41) is 40.5. The molecule has 47 heavy (non-hydrogen) atoms. The van der Waals surface area contributed by atoms with Crippen LogP contribution in [0.2, 0.25) is 0 Å². The summed E-state index contributed by atoms with van der Waals surface area (Å²) in [5.41, 5.74) is 36.6. The number of rotatable bonds is 16. The van der Waals surface area contributed by atoms with E-state index in [1.54, 1.807) is 0 Å². The van der Waals surface area contributed by atoms with E-state index < -0.39 is 60.0 Å². The number of esters is 1. The first kappa shape index (κ1) is 49.6. The number of unbranched alkanes of at least 4 members (excludes halogenated alkanes) is 1. The molecule has 1 rings (SSSR count). The number of benzene rings is 1. The summed E-state index contributed by atoms with van der Waals surface area (Å²) in [4.78, 5) is 60.5. The lowest BCUT2D eigenvalue weighted by Gasteiger charge is -2.12. The molecule has 272 valence electrons. The van der Waals surface area contributed by atoms with Crippen molar-refractivity contribution in [2.75, 3.05) is 26.2 Å². The van der Waals surface area contributed by atoms with Crippen LogP contribution >= 0.6 is 0 Å². The fourth-order valence-electron chi connectivity index (χ4n) is 2.54. The van der Waals surface area contributed by atoms with Crippen molar-refractivity contribution in [1.29, 1.82) is 0 Å². The Morgan fingerprint density at radius 2 is 1.09 bits per heavy atom. The maximum absolute atomic E-state index is 11.2. The van der Waals surface area contributed by atoms with E-state index in [1.165, 1.54) is 0 Å². The van der Waals surface area contributed by atoms with Crippen LogP contribution < -0.4 is 40.1 Å². The fourth-order valence-corrected chi connectivity index (χ4v) is 2.54. The van der Waals surface area contributed by atoms with E-state index in [0.717, 1.165) is 18.4 Å². The second-order valence-corrected chi connectivity index (χ2v) is 9.87. The summed E-state index contributed by atoms with van der Waals surface area (Å²) in [6, 6.07) is 5.90. The maximum Gasteiger partial charge on any atom is 0.324 e. The molecule has 0 aliphatic rings. The van der Waals surface area contributed by atoms with Gasteiger partial charge in [-0.25, -0.2) is 0 Å². The highest BCUT2D eigenvalue weighted by Crippen LogP contribution is 2.02. The van der Waals surface area contributed by atoms with Gasteiger partial charge in [-0.2, -0.15) is 0 Å². The lowest BCUT2D eigenvalue weighted by atomic mass is 10.1. The molecule has 19 heteroatoms. The van der Waals surface area contributed by atoms with Crippen molar-refractivity contribution in [3.63, 3.8) is 0 Å². The summed E-state index contributed by atoms with van der Waals surface area (Å²) in [7, 11) is 0. The Hall–Kier alpha value is -4.24. The van der Waals surface area contributed by atoms with E-state index in [-0.39, 0.29) is 19.7 Å². The third-order valence-electron chi connectivity index (χ3n) is 5.00. The number of carboxylic acid groups (broad SMARTS) is 5. The van der Waals surface area contributed by atoms with E-state index >= 15 is 0 Å². The summed E-state index contributed by atoms with van der Waals surface area (Å²) in [6.07, 6.45) is 2.93. The number of hydrogen-bond acceptors (Lipinski definition) is 14. The molecule has 0 heterocycles. The van der Waals surface area contributed by atoms with Crippen LogP contribution in [0.1, 0.15) is 45.1 Å². The Bertz CT molecular complexity index is 1000. The van der Waals surface area contributed by atoms with Gasteiger partial charge in [0.2, 0.25) is 0 Å². The Morgan fingerprint density at radius 1 is 0.660 bits per heavy atom. The Morgan fingerprint density at radius 3 is 1.40 bits per heavy atom. The molecule has 0 amide bonds. The van der Waals surface area contributed by atoms with Gasteiger partial charge >= 0.3 is 35.8 Å². The number of ether oxygens (including phenoxy) is 1. The fraction of sp³-hybridized carbons (Fsp3) is 0.571. The third-order valence-corrected chi connectivity index (χ3v) is 5.00. The van der Waals surface area contributed by atoms with Crippen molar-refractivity contribution in [3.05, 3.63) is 35.9 Å². The van der Waals surface area contributed by atoms with E-state index in [0.29, 0.717) is 31.7 Å². The van der Waals surface area contributed by atoms with Gasteiger partial charge in [0, 0.05) is 0 Å². The quantitative estimate of drug-likeness (QED) is 0.0636. The zero-order valence-corrected chi connectivity index (χ0v) is 26.8. The predicted molar refractivity (Wildman–Crippen MR) is 172 cm³/mol. The molecule has 0 saturated carbocycles. The predicted octanol–water partition coefficient (Wildman–Crippen LogP) is -2.46. The molecule has 1 aromatic carbocycles. The van der Waals surface area contributed by atoms with Crippen molar-refractivity contribution in [3.8, 4) is 0 Å². The number of carbonyl (C=O) groups excluding carboxylic acids is 1. The Kier molecular flexibility index (Phi) is 33.5. The van der Waals surface area contributed by atoms with Gasteiger partial charge in [-0.15, -0.1) is 0 Å². The van der Waals surface area contributed by atoms with E-state index in [9.17, 15) is 28.8 Å². The standard InChI is InChI=1S/C9H19N3O4.C9H11NO2.C6H13NO2.2C2H5NO2/c10-4-2-1-3-6(11)9(15)16-5-7(12)8(13)14;10-8(9(11)12)6-7-4-2-1-3-5-7;1-4(2)3-5(7)6(8)9;2*3-1-2(4)5/h6-7H,1-5,10-12H2,(H,13,14);1-5,8H,6,10H2,(H,11,12);4-5H,3,7H2,1-2H3,(H,8,9);2*1,3H2,(H,4,5)/t6-,7-;8-;5-;;/m000../s1. The van der Waals surface area contributed by atoms with Crippen LogP contribution in [0, 0.1) is 5.92 Å². The van der Waals surface area contributed by atoms with Gasteiger partial charge in [-0.1, -0.05) is 50.6 Å². The van der Waals surface area contributed by atoms with Crippen LogP contribution in [0.5, 0.6) is 0 Å². The van der Waals surface area contributed by atoms with Gasteiger partial charge in [0.05, 0.1) is 13.1 Å². The van der Waals surface area contributed by atoms with Crippen molar-refractivity contribution in [2.24, 2.45) is 46.1 Å². The molecule has 0 aliphatic carbocycles. The molecule has 0 unspecified atom stereocenters. The number of hydrogen-bond donors (Lipinski definition) is 12. The molecule has 0 aromatic heterocycles. The smallest absolute Gasteiger partial charge is 0.324 e. The number of nitrogens with two attached hydrogens (primary N) is 7. The van der Waals surface area contributed by atoms with E-state index in [4.69, 9.17) is 54.2 Å². The van der Waals surface area contributed by atoms with Crippen molar-refractivity contribution in [2.45, 2.75) is 70.1 Å². The first-order valence-electron chi connectivity index (χ1n) is 14.2. The van der Waals surface area contributed by atoms with Crippen LogP contribution in [0.3, 0.4) is 0 Å². The molecule has 0 aliphatic heterocycles. The number of carbonyl (C=O) groups is 6. The van der Waals surface area contributed by atoms with Gasteiger partial charge in [0.1, 0.15) is 30.8 Å². The molecular weight excluding hydrogens is 626 g/mol. The topological polar surface area (TPSA) is 395 Å². The summed E-state index contributed by atoms with van der Waals surface area (Å²) in [5.74, 6) is -5.30. The van der Waals surface area contributed by atoms with Crippen LogP contribution in [0.4, 0.5) is 0 Å². The van der Waals surface area contributed by atoms with E-state index in [2.05, 4.69) is 16.2 Å². The number of aliphatic carboxylic acids is 5. The third kappa shape index (κ3) is 37.9. The molecule has 1 aromatic rings. The molecule has 0 bridgehead atoms. The van der Waals surface area contributed by atoms with Crippen LogP contribution in [0.25, 0.3) is 0 Å². The molecule has 19 N–H and O–H groups in total.